The summed E-state index contributed by atoms with van der Waals surface area (Å²) in [5.41, 5.74) is 0. The Morgan fingerprint density at radius 2 is 1.28 bits per heavy atom. The van der Waals surface area contributed by atoms with Gasteiger partial charge in [-0.1, -0.05) is 13.3 Å². The second-order valence-electron chi connectivity index (χ2n) is 3.93. The number of hydrogen-bond donors (Lipinski definition) is 1. The van der Waals surface area contributed by atoms with E-state index in [1.54, 1.807) is 7.11 Å². The highest BCUT2D eigenvalue weighted by Crippen LogP contribution is 1.87. The Balaban J connectivity index is 2.86. The first kappa shape index (κ1) is 17.8. The molecule has 0 saturated heterocycles. The fraction of sp³-hybridized carbons (Fsp3) is 1.00. The first-order valence-corrected chi connectivity index (χ1v) is 6.84. The minimum Gasteiger partial charge on any atom is -0.383 e. The first-order valence-electron chi connectivity index (χ1n) is 6.84. The van der Waals surface area contributed by atoms with Gasteiger partial charge < -0.3 is 24.3 Å². The summed E-state index contributed by atoms with van der Waals surface area (Å²) < 4.78 is 21.0. The van der Waals surface area contributed by atoms with E-state index in [4.69, 9.17) is 18.9 Å². The van der Waals surface area contributed by atoms with Crippen LogP contribution in [0.1, 0.15) is 19.8 Å². The molecule has 0 amide bonds. The van der Waals surface area contributed by atoms with Crippen LogP contribution >= 0.6 is 0 Å². The van der Waals surface area contributed by atoms with Crippen molar-refractivity contribution in [2.45, 2.75) is 19.8 Å². The predicted octanol–water partition coefficient (Wildman–Crippen LogP) is 1.07. The normalized spacial score (nSPS) is 11.0. The molecular weight excluding hydrogens is 234 g/mol. The topological polar surface area (TPSA) is 49.0 Å². The molecule has 0 radical (unpaired) electrons. The largest absolute Gasteiger partial charge is 0.383 e. The van der Waals surface area contributed by atoms with Crippen molar-refractivity contribution in [2.75, 3.05) is 66.4 Å². The molecule has 5 heteroatoms. The minimum atomic E-state index is 0.634. The molecule has 18 heavy (non-hydrogen) atoms. The van der Waals surface area contributed by atoms with Crippen LogP contribution in [0.4, 0.5) is 0 Å². The molecule has 0 saturated carbocycles. The van der Waals surface area contributed by atoms with E-state index in [1.807, 2.05) is 0 Å². The van der Waals surface area contributed by atoms with Crippen LogP contribution in [0.3, 0.4) is 0 Å². The molecule has 0 spiro atoms. The third-order valence-corrected chi connectivity index (χ3v) is 2.29. The zero-order valence-corrected chi connectivity index (χ0v) is 11.9. The summed E-state index contributed by atoms with van der Waals surface area (Å²) in [4.78, 5) is 0. The average molecular weight is 263 g/mol. The highest BCUT2D eigenvalue weighted by Gasteiger charge is 1.92. The number of methoxy groups -OCH3 is 1. The molecule has 0 fully saturated rings. The van der Waals surface area contributed by atoms with Crippen LogP contribution in [0, 0.1) is 0 Å². The number of hydrogen-bond acceptors (Lipinski definition) is 5. The van der Waals surface area contributed by atoms with Crippen LogP contribution in [0.15, 0.2) is 0 Å². The van der Waals surface area contributed by atoms with E-state index < -0.39 is 0 Å². The lowest BCUT2D eigenvalue weighted by atomic mass is 10.4. The summed E-state index contributed by atoms with van der Waals surface area (Å²) in [6.07, 6.45) is 2.30. The smallest absolute Gasteiger partial charge is 0.0701 e. The van der Waals surface area contributed by atoms with E-state index in [0.29, 0.717) is 33.0 Å². The Kier molecular flexibility index (Phi) is 16.6. The number of unbranched alkanes of at least 4 members (excludes halogenated alkanes) is 1. The minimum absolute atomic E-state index is 0.634. The van der Waals surface area contributed by atoms with E-state index >= 15 is 0 Å². The van der Waals surface area contributed by atoms with Gasteiger partial charge in [-0.15, -0.1) is 0 Å². The molecule has 1 N–H and O–H groups in total. The number of ether oxygens (including phenoxy) is 4. The summed E-state index contributed by atoms with van der Waals surface area (Å²) in [5.74, 6) is 0. The van der Waals surface area contributed by atoms with Gasteiger partial charge in [0.25, 0.3) is 0 Å². The van der Waals surface area contributed by atoms with Gasteiger partial charge in [0.15, 0.2) is 0 Å². The second-order valence-corrected chi connectivity index (χ2v) is 3.93. The van der Waals surface area contributed by atoms with Crippen LogP contribution in [0.25, 0.3) is 0 Å². The lowest BCUT2D eigenvalue weighted by Gasteiger charge is -2.07. The Morgan fingerprint density at radius 1 is 0.722 bits per heavy atom. The summed E-state index contributed by atoms with van der Waals surface area (Å²) in [5, 5.41) is 3.21. The van der Waals surface area contributed by atoms with Gasteiger partial charge in [0.05, 0.1) is 39.6 Å². The van der Waals surface area contributed by atoms with Gasteiger partial charge in [-0.2, -0.15) is 0 Å². The first-order chi connectivity index (χ1) is 8.91. The molecule has 0 atom stereocenters. The van der Waals surface area contributed by atoms with Crippen LogP contribution in [-0.4, -0.2) is 66.4 Å². The summed E-state index contributed by atoms with van der Waals surface area (Å²) >= 11 is 0. The molecule has 0 aliphatic heterocycles. The van der Waals surface area contributed by atoms with Crippen LogP contribution in [0.5, 0.6) is 0 Å². The third-order valence-electron chi connectivity index (χ3n) is 2.29. The molecule has 0 rings (SSSR count). The van der Waals surface area contributed by atoms with Gasteiger partial charge in [-0.3, -0.25) is 0 Å². The molecule has 0 aliphatic rings. The summed E-state index contributed by atoms with van der Waals surface area (Å²) in [7, 11) is 1.70. The molecule has 0 aromatic carbocycles. The van der Waals surface area contributed by atoms with Gasteiger partial charge in [-0.25, -0.2) is 0 Å². The monoisotopic (exact) mass is 263 g/mol. The van der Waals surface area contributed by atoms with Gasteiger partial charge >= 0.3 is 0 Å². The second kappa shape index (κ2) is 16.8. The molecule has 0 aliphatic carbocycles. The van der Waals surface area contributed by atoms with Crippen molar-refractivity contribution in [3.05, 3.63) is 0 Å². The van der Waals surface area contributed by atoms with Gasteiger partial charge in [0.2, 0.25) is 0 Å². The SMILES string of the molecule is CCCCOCCOCCOCCNCCOC. The molecule has 5 nitrogen and oxygen atoms in total. The van der Waals surface area contributed by atoms with Gasteiger partial charge in [-0.05, 0) is 6.42 Å². The molecular formula is C13H29NO4. The highest BCUT2D eigenvalue weighted by atomic mass is 16.5. The van der Waals surface area contributed by atoms with E-state index in [-0.39, 0.29) is 0 Å². The number of rotatable bonds is 15. The Hall–Kier alpha value is -0.200. The van der Waals surface area contributed by atoms with Crippen molar-refractivity contribution in [3.8, 4) is 0 Å². The fourth-order valence-electron chi connectivity index (χ4n) is 1.23. The van der Waals surface area contributed by atoms with Crippen LogP contribution in [0.2, 0.25) is 0 Å². The fourth-order valence-corrected chi connectivity index (χ4v) is 1.23. The third kappa shape index (κ3) is 15.8. The zero-order valence-electron chi connectivity index (χ0n) is 11.9. The molecule has 0 heterocycles. The molecule has 110 valence electrons. The Bertz CT molecular complexity index is 131. The lowest BCUT2D eigenvalue weighted by molar-refractivity contribution is 0.0145. The maximum absolute atomic E-state index is 5.39. The van der Waals surface area contributed by atoms with E-state index in [9.17, 15) is 0 Å². The zero-order chi connectivity index (χ0) is 13.3. The average Bonchev–Trinajstić information content (AvgIpc) is 2.39. The maximum atomic E-state index is 5.39. The van der Waals surface area contributed by atoms with Crippen molar-refractivity contribution < 1.29 is 18.9 Å². The van der Waals surface area contributed by atoms with Crippen molar-refractivity contribution in [3.63, 3.8) is 0 Å². The lowest BCUT2D eigenvalue weighted by Crippen LogP contribution is -2.24. The van der Waals surface area contributed by atoms with Gasteiger partial charge in [0, 0.05) is 26.8 Å². The number of nitrogens with one attached hydrogen (secondary N) is 1. The quantitative estimate of drug-likeness (QED) is 0.448. The van der Waals surface area contributed by atoms with E-state index in [1.165, 1.54) is 6.42 Å². The summed E-state index contributed by atoms with van der Waals surface area (Å²) in [6.45, 7) is 8.76. The van der Waals surface area contributed by atoms with Crippen LogP contribution in [-0.2, 0) is 18.9 Å². The molecule has 0 bridgehead atoms. The molecule has 0 unspecified atom stereocenters. The maximum Gasteiger partial charge on any atom is 0.0701 e. The summed E-state index contributed by atoms with van der Waals surface area (Å²) in [6, 6.07) is 0. The standard InChI is InChI=1S/C13H29NO4/c1-3-4-7-16-10-12-18-13-11-17-9-6-14-5-8-15-2/h14H,3-13H2,1-2H3. The van der Waals surface area contributed by atoms with Gasteiger partial charge in [0.1, 0.15) is 0 Å². The Morgan fingerprint density at radius 3 is 1.89 bits per heavy atom. The van der Waals surface area contributed by atoms with E-state index in [0.717, 1.165) is 32.7 Å². The predicted molar refractivity (Wildman–Crippen MR) is 72.1 cm³/mol. The highest BCUT2D eigenvalue weighted by molar-refractivity contribution is 4.44. The van der Waals surface area contributed by atoms with Crippen molar-refractivity contribution in [1.82, 2.24) is 5.32 Å². The van der Waals surface area contributed by atoms with Crippen molar-refractivity contribution in [2.24, 2.45) is 0 Å². The van der Waals surface area contributed by atoms with E-state index in [2.05, 4.69) is 12.2 Å². The van der Waals surface area contributed by atoms with Crippen LogP contribution < -0.4 is 5.32 Å². The Labute approximate surface area is 111 Å². The molecule has 0 aromatic heterocycles. The molecule has 0 aromatic rings. The van der Waals surface area contributed by atoms with Crippen molar-refractivity contribution >= 4 is 0 Å². The van der Waals surface area contributed by atoms with Crippen molar-refractivity contribution in [1.29, 1.82) is 0 Å².